The summed E-state index contributed by atoms with van der Waals surface area (Å²) in [6, 6.07) is 9.12. The standard InChI is InChI=1S/C29H42/c1-3-5-6-7-25-8-10-26(11-9-25)16-17-28-18-21-29(22-19-28,23-20-28)27-14-12-24(4-2)13-15-27/h8-11,24,27H,3-7,12-15,18-23H2,1-2H3/t24-,27-,28?,29?. The van der Waals surface area contributed by atoms with E-state index in [1.807, 2.05) is 0 Å². The Kier molecular flexibility index (Phi) is 6.73. The fourth-order valence-electron chi connectivity index (χ4n) is 6.74. The van der Waals surface area contributed by atoms with Gasteiger partial charge in [-0.05, 0) is 99.2 Å². The van der Waals surface area contributed by atoms with Crippen molar-refractivity contribution in [3.8, 4) is 11.8 Å². The van der Waals surface area contributed by atoms with Crippen LogP contribution in [0, 0.1) is 34.5 Å². The molecule has 0 unspecified atom stereocenters. The Morgan fingerprint density at radius 2 is 1.48 bits per heavy atom. The maximum absolute atomic E-state index is 3.80. The fraction of sp³-hybridized carbons (Fsp3) is 0.724. The number of aryl methyl sites for hydroxylation is 1. The number of fused-ring (bicyclic) bond motifs is 3. The van der Waals surface area contributed by atoms with Gasteiger partial charge in [-0.1, -0.05) is 69.9 Å². The number of hydrogen-bond acceptors (Lipinski definition) is 0. The highest BCUT2D eigenvalue weighted by atomic mass is 14.6. The molecule has 1 aromatic rings. The van der Waals surface area contributed by atoms with Gasteiger partial charge in [0.1, 0.15) is 0 Å². The first-order valence-corrected chi connectivity index (χ1v) is 12.8. The van der Waals surface area contributed by atoms with Gasteiger partial charge in [-0.15, -0.1) is 0 Å². The lowest BCUT2D eigenvalue weighted by atomic mass is 9.48. The van der Waals surface area contributed by atoms with Crippen molar-refractivity contribution in [3.05, 3.63) is 35.4 Å². The smallest absolute Gasteiger partial charge is 0.0319 e. The van der Waals surface area contributed by atoms with Crippen molar-refractivity contribution in [2.24, 2.45) is 22.7 Å². The van der Waals surface area contributed by atoms with Crippen LogP contribution in [0.15, 0.2) is 24.3 Å². The predicted octanol–water partition coefficient (Wildman–Crippen LogP) is 8.33. The molecule has 0 saturated heterocycles. The molecule has 1 aromatic carbocycles. The second kappa shape index (κ2) is 9.29. The highest BCUT2D eigenvalue weighted by molar-refractivity contribution is 5.38. The minimum absolute atomic E-state index is 0.335. The first kappa shape index (κ1) is 21.0. The normalized spacial score (nSPS) is 33.9. The quantitative estimate of drug-likeness (QED) is 0.338. The van der Waals surface area contributed by atoms with Gasteiger partial charge in [-0.25, -0.2) is 0 Å². The largest absolute Gasteiger partial charge is 0.0911 e. The molecule has 29 heavy (non-hydrogen) atoms. The second-order valence-corrected chi connectivity index (χ2v) is 10.7. The third kappa shape index (κ3) is 4.76. The van der Waals surface area contributed by atoms with E-state index in [1.54, 1.807) is 0 Å². The van der Waals surface area contributed by atoms with Crippen LogP contribution >= 0.6 is 0 Å². The average Bonchev–Trinajstić information content (AvgIpc) is 2.80. The van der Waals surface area contributed by atoms with Crippen molar-refractivity contribution < 1.29 is 0 Å². The Hall–Kier alpha value is -1.22. The molecule has 0 nitrogen and oxygen atoms in total. The summed E-state index contributed by atoms with van der Waals surface area (Å²) in [5.41, 5.74) is 3.73. The van der Waals surface area contributed by atoms with E-state index < -0.39 is 0 Å². The molecule has 4 saturated carbocycles. The van der Waals surface area contributed by atoms with Gasteiger partial charge in [0.05, 0.1) is 0 Å². The summed E-state index contributed by atoms with van der Waals surface area (Å²) in [5.74, 6) is 9.43. The van der Waals surface area contributed by atoms with E-state index in [4.69, 9.17) is 0 Å². The topological polar surface area (TPSA) is 0 Å². The lowest BCUT2D eigenvalue weighted by Gasteiger charge is -2.56. The zero-order valence-corrected chi connectivity index (χ0v) is 19.1. The number of rotatable bonds is 6. The lowest BCUT2D eigenvalue weighted by molar-refractivity contribution is -0.0376. The van der Waals surface area contributed by atoms with Crippen LogP contribution in [0.3, 0.4) is 0 Å². The van der Waals surface area contributed by atoms with Gasteiger partial charge >= 0.3 is 0 Å². The minimum atomic E-state index is 0.335. The summed E-state index contributed by atoms with van der Waals surface area (Å²) in [5, 5.41) is 0. The van der Waals surface area contributed by atoms with Crippen LogP contribution < -0.4 is 0 Å². The fourth-order valence-corrected chi connectivity index (χ4v) is 6.74. The Bertz CT molecular complexity index is 680. The van der Waals surface area contributed by atoms with Crippen LogP contribution in [0.25, 0.3) is 0 Å². The molecule has 0 atom stereocenters. The molecule has 0 aliphatic heterocycles. The van der Waals surface area contributed by atoms with Crippen LogP contribution in [0.5, 0.6) is 0 Å². The van der Waals surface area contributed by atoms with Crippen LogP contribution in [0.4, 0.5) is 0 Å². The molecular formula is C29H42. The maximum Gasteiger partial charge on any atom is 0.0319 e. The van der Waals surface area contributed by atoms with Crippen molar-refractivity contribution in [2.75, 3.05) is 0 Å². The summed E-state index contributed by atoms with van der Waals surface area (Å²) in [4.78, 5) is 0. The Morgan fingerprint density at radius 1 is 0.828 bits per heavy atom. The number of unbranched alkanes of at least 4 members (excludes halogenated alkanes) is 2. The van der Waals surface area contributed by atoms with E-state index in [0.29, 0.717) is 10.8 Å². The Labute approximate surface area is 180 Å². The summed E-state index contributed by atoms with van der Waals surface area (Å²) in [6.07, 6.45) is 21.1. The van der Waals surface area contributed by atoms with Crippen molar-refractivity contribution in [3.63, 3.8) is 0 Å². The first-order chi connectivity index (χ1) is 14.2. The number of hydrogen-bond donors (Lipinski definition) is 0. The van der Waals surface area contributed by atoms with Crippen LogP contribution in [-0.2, 0) is 6.42 Å². The minimum Gasteiger partial charge on any atom is -0.0911 e. The van der Waals surface area contributed by atoms with Crippen molar-refractivity contribution in [1.29, 1.82) is 0 Å². The second-order valence-electron chi connectivity index (χ2n) is 10.7. The average molecular weight is 391 g/mol. The van der Waals surface area contributed by atoms with Gasteiger partial charge in [0, 0.05) is 11.0 Å². The SMILES string of the molecule is CCCCCc1ccc(C#CC23CCC([C@H]4CC[C@H](CC)CC4)(CC2)CC3)cc1. The van der Waals surface area contributed by atoms with E-state index in [9.17, 15) is 0 Å². The van der Waals surface area contributed by atoms with Gasteiger partial charge in [0.25, 0.3) is 0 Å². The van der Waals surface area contributed by atoms with Gasteiger partial charge in [0.15, 0.2) is 0 Å². The van der Waals surface area contributed by atoms with Gasteiger partial charge in [-0.3, -0.25) is 0 Å². The maximum atomic E-state index is 3.80. The zero-order valence-electron chi connectivity index (χ0n) is 19.1. The lowest BCUT2D eigenvalue weighted by Crippen LogP contribution is -2.45. The van der Waals surface area contributed by atoms with E-state index in [0.717, 1.165) is 11.8 Å². The predicted molar refractivity (Wildman–Crippen MR) is 125 cm³/mol. The van der Waals surface area contributed by atoms with Crippen molar-refractivity contribution in [1.82, 2.24) is 0 Å². The van der Waals surface area contributed by atoms with Crippen molar-refractivity contribution in [2.45, 2.75) is 110 Å². The molecule has 0 heteroatoms. The highest BCUT2D eigenvalue weighted by Crippen LogP contribution is 2.62. The molecule has 0 heterocycles. The molecule has 2 bridgehead atoms. The van der Waals surface area contributed by atoms with E-state index in [1.165, 1.54) is 107 Å². The molecule has 4 aliphatic rings. The summed E-state index contributed by atoms with van der Waals surface area (Å²) >= 11 is 0. The molecule has 0 N–H and O–H groups in total. The summed E-state index contributed by atoms with van der Waals surface area (Å²) in [6.45, 7) is 4.66. The molecule has 158 valence electrons. The summed E-state index contributed by atoms with van der Waals surface area (Å²) < 4.78 is 0. The molecule has 0 spiro atoms. The van der Waals surface area contributed by atoms with E-state index in [-0.39, 0.29) is 0 Å². The molecule has 0 aromatic heterocycles. The van der Waals surface area contributed by atoms with Gasteiger partial charge in [-0.2, -0.15) is 0 Å². The molecule has 0 amide bonds. The monoisotopic (exact) mass is 390 g/mol. The van der Waals surface area contributed by atoms with Crippen molar-refractivity contribution >= 4 is 0 Å². The molecule has 4 aliphatic carbocycles. The highest BCUT2D eigenvalue weighted by Gasteiger charge is 2.51. The third-order valence-electron chi connectivity index (χ3n) is 9.09. The van der Waals surface area contributed by atoms with E-state index in [2.05, 4.69) is 50.0 Å². The van der Waals surface area contributed by atoms with Crippen LogP contribution in [0.2, 0.25) is 0 Å². The molecular weight excluding hydrogens is 348 g/mol. The molecule has 0 radical (unpaired) electrons. The Morgan fingerprint density at radius 3 is 2.07 bits per heavy atom. The van der Waals surface area contributed by atoms with Crippen LogP contribution in [-0.4, -0.2) is 0 Å². The zero-order chi connectivity index (χ0) is 20.2. The first-order valence-electron chi connectivity index (χ1n) is 12.8. The third-order valence-corrected chi connectivity index (χ3v) is 9.09. The molecule has 4 fully saturated rings. The Balaban J connectivity index is 1.34. The number of benzene rings is 1. The van der Waals surface area contributed by atoms with E-state index >= 15 is 0 Å². The van der Waals surface area contributed by atoms with Gasteiger partial charge in [0.2, 0.25) is 0 Å². The molecule has 5 rings (SSSR count). The van der Waals surface area contributed by atoms with Gasteiger partial charge < -0.3 is 0 Å². The summed E-state index contributed by atoms with van der Waals surface area (Å²) in [7, 11) is 0. The van der Waals surface area contributed by atoms with Crippen LogP contribution in [0.1, 0.15) is 115 Å².